The van der Waals surface area contributed by atoms with Crippen LogP contribution in [0.4, 0.5) is 0 Å². The quantitative estimate of drug-likeness (QED) is 0.895. The van der Waals surface area contributed by atoms with Crippen LogP contribution in [0.15, 0.2) is 22.7 Å². The number of benzene rings is 1. The zero-order chi connectivity index (χ0) is 14.5. The first-order valence-corrected chi connectivity index (χ1v) is 7.33. The lowest BCUT2D eigenvalue weighted by atomic mass is 10.1. The van der Waals surface area contributed by atoms with Crippen molar-refractivity contribution in [1.29, 1.82) is 0 Å². The van der Waals surface area contributed by atoms with Crippen molar-refractivity contribution in [3.05, 3.63) is 28.2 Å². The summed E-state index contributed by atoms with van der Waals surface area (Å²) >= 11 is 3.47. The summed E-state index contributed by atoms with van der Waals surface area (Å²) in [5.41, 5.74) is 1.03. The third-order valence-electron chi connectivity index (χ3n) is 2.41. The van der Waals surface area contributed by atoms with Crippen LogP contribution >= 0.6 is 15.9 Å². The van der Waals surface area contributed by atoms with Gasteiger partial charge in [-0.3, -0.25) is 4.79 Å². The molecule has 1 rings (SSSR count). The van der Waals surface area contributed by atoms with Crippen molar-refractivity contribution in [3.8, 4) is 5.75 Å². The van der Waals surface area contributed by atoms with Gasteiger partial charge in [0.15, 0.2) is 6.61 Å². The number of rotatable bonds is 5. The summed E-state index contributed by atoms with van der Waals surface area (Å²) in [5, 5.41) is 2.86. The van der Waals surface area contributed by atoms with Crippen LogP contribution in [0.25, 0.3) is 0 Å². The summed E-state index contributed by atoms with van der Waals surface area (Å²) in [4.78, 5) is 11.7. The van der Waals surface area contributed by atoms with Crippen LogP contribution in [0, 0.1) is 0 Å². The minimum absolute atomic E-state index is 0.0307. The van der Waals surface area contributed by atoms with Gasteiger partial charge < -0.3 is 10.1 Å². The van der Waals surface area contributed by atoms with Gasteiger partial charge in [-0.2, -0.15) is 0 Å². The fourth-order valence-electron chi connectivity index (χ4n) is 1.70. The first-order valence-electron chi connectivity index (χ1n) is 6.54. The van der Waals surface area contributed by atoms with Gasteiger partial charge in [-0.1, -0.05) is 19.4 Å². The predicted molar refractivity (Wildman–Crippen MR) is 81.5 cm³/mol. The Morgan fingerprint density at radius 3 is 2.58 bits per heavy atom. The molecular weight excluding hydrogens is 306 g/mol. The number of hydrogen-bond donors (Lipinski definition) is 1. The van der Waals surface area contributed by atoms with Crippen molar-refractivity contribution >= 4 is 21.8 Å². The second-order valence-corrected chi connectivity index (χ2v) is 6.46. The Balaban J connectivity index is 2.56. The molecule has 3 nitrogen and oxygen atoms in total. The molecule has 0 aliphatic rings. The smallest absolute Gasteiger partial charge is 0.258 e. The molecule has 106 valence electrons. The molecule has 1 N–H and O–H groups in total. The van der Waals surface area contributed by atoms with Crippen molar-refractivity contribution in [1.82, 2.24) is 5.32 Å². The van der Waals surface area contributed by atoms with Crippen LogP contribution in [0.3, 0.4) is 0 Å². The van der Waals surface area contributed by atoms with Crippen LogP contribution in [-0.2, 0) is 11.2 Å². The van der Waals surface area contributed by atoms with Crippen molar-refractivity contribution in [3.63, 3.8) is 0 Å². The second kappa shape index (κ2) is 6.94. The zero-order valence-corrected chi connectivity index (χ0v) is 13.6. The molecule has 0 saturated carbocycles. The van der Waals surface area contributed by atoms with Gasteiger partial charge >= 0.3 is 0 Å². The lowest BCUT2D eigenvalue weighted by Crippen LogP contribution is -2.43. The predicted octanol–water partition coefficient (Wildman–Crippen LogP) is 3.70. The molecule has 0 saturated heterocycles. The van der Waals surface area contributed by atoms with E-state index in [1.807, 2.05) is 39.0 Å². The fourth-order valence-corrected chi connectivity index (χ4v) is 2.24. The largest absolute Gasteiger partial charge is 0.483 e. The summed E-state index contributed by atoms with van der Waals surface area (Å²) in [5.74, 6) is 0.584. The highest BCUT2D eigenvalue weighted by molar-refractivity contribution is 9.10. The average molecular weight is 328 g/mol. The van der Waals surface area contributed by atoms with E-state index in [1.54, 1.807) is 0 Å². The molecule has 1 amide bonds. The molecule has 0 fully saturated rings. The van der Waals surface area contributed by atoms with E-state index in [2.05, 4.69) is 28.2 Å². The first-order chi connectivity index (χ1) is 8.81. The Hall–Kier alpha value is -1.03. The van der Waals surface area contributed by atoms with E-state index in [0.29, 0.717) is 5.75 Å². The molecule has 0 aliphatic heterocycles. The summed E-state index contributed by atoms with van der Waals surface area (Å²) in [6.45, 7) is 8.01. The molecule has 1 aromatic carbocycles. The highest BCUT2D eigenvalue weighted by Gasteiger charge is 2.14. The Morgan fingerprint density at radius 2 is 2.05 bits per heavy atom. The van der Waals surface area contributed by atoms with E-state index in [1.165, 1.54) is 5.56 Å². The lowest BCUT2D eigenvalue weighted by Gasteiger charge is -2.20. The lowest BCUT2D eigenvalue weighted by molar-refractivity contribution is -0.124. The van der Waals surface area contributed by atoms with Gasteiger partial charge in [-0.25, -0.2) is 0 Å². The van der Waals surface area contributed by atoms with E-state index in [9.17, 15) is 4.79 Å². The third-order valence-corrected chi connectivity index (χ3v) is 3.03. The van der Waals surface area contributed by atoms with Gasteiger partial charge in [0.05, 0.1) is 4.47 Å². The van der Waals surface area contributed by atoms with Crippen LogP contribution < -0.4 is 10.1 Å². The summed E-state index contributed by atoms with van der Waals surface area (Å²) in [7, 11) is 0. The Morgan fingerprint density at radius 1 is 1.37 bits per heavy atom. The normalized spacial score (nSPS) is 11.2. The van der Waals surface area contributed by atoms with Crippen LogP contribution in [-0.4, -0.2) is 18.1 Å². The van der Waals surface area contributed by atoms with E-state index in [0.717, 1.165) is 17.3 Å². The molecule has 0 aromatic heterocycles. The number of aryl methyl sites for hydroxylation is 1. The monoisotopic (exact) mass is 327 g/mol. The maximum Gasteiger partial charge on any atom is 0.258 e. The standard InChI is InChI=1S/C15H22BrNO2/c1-5-6-11-7-8-13(12(16)9-11)19-10-14(18)17-15(2,3)4/h7-9H,5-6,10H2,1-4H3,(H,17,18). The molecule has 4 heteroatoms. The molecular formula is C15H22BrNO2. The number of halogens is 1. The number of amides is 1. The number of ether oxygens (including phenoxy) is 1. The van der Waals surface area contributed by atoms with Crippen molar-refractivity contribution in [2.75, 3.05) is 6.61 Å². The highest BCUT2D eigenvalue weighted by Crippen LogP contribution is 2.26. The molecule has 0 atom stereocenters. The van der Waals surface area contributed by atoms with Gasteiger partial charge in [-0.05, 0) is 60.8 Å². The molecule has 0 spiro atoms. The number of hydrogen-bond acceptors (Lipinski definition) is 2. The zero-order valence-electron chi connectivity index (χ0n) is 12.0. The maximum absolute atomic E-state index is 11.7. The van der Waals surface area contributed by atoms with Gasteiger partial charge in [0.1, 0.15) is 5.75 Å². The summed E-state index contributed by atoms with van der Waals surface area (Å²) in [6, 6.07) is 5.98. The van der Waals surface area contributed by atoms with Gasteiger partial charge in [0.25, 0.3) is 5.91 Å². The van der Waals surface area contributed by atoms with E-state index in [4.69, 9.17) is 4.74 Å². The second-order valence-electron chi connectivity index (χ2n) is 5.60. The Labute approximate surface area is 123 Å². The minimum atomic E-state index is -0.233. The van der Waals surface area contributed by atoms with Crippen molar-refractivity contribution in [2.24, 2.45) is 0 Å². The van der Waals surface area contributed by atoms with Crippen molar-refractivity contribution in [2.45, 2.75) is 46.1 Å². The molecule has 0 unspecified atom stereocenters. The fraction of sp³-hybridized carbons (Fsp3) is 0.533. The molecule has 0 aliphatic carbocycles. The Kier molecular flexibility index (Phi) is 5.85. The minimum Gasteiger partial charge on any atom is -0.483 e. The Bertz CT molecular complexity index is 438. The first kappa shape index (κ1) is 16.0. The van der Waals surface area contributed by atoms with Gasteiger partial charge in [0, 0.05) is 5.54 Å². The highest BCUT2D eigenvalue weighted by atomic mass is 79.9. The average Bonchev–Trinajstić information content (AvgIpc) is 2.26. The van der Waals surface area contributed by atoms with Crippen LogP contribution in [0.5, 0.6) is 5.75 Å². The maximum atomic E-state index is 11.7. The van der Waals surface area contributed by atoms with E-state index in [-0.39, 0.29) is 18.1 Å². The molecule has 19 heavy (non-hydrogen) atoms. The van der Waals surface area contributed by atoms with E-state index < -0.39 is 0 Å². The number of carbonyl (C=O) groups excluding carboxylic acids is 1. The van der Waals surface area contributed by atoms with Gasteiger partial charge in [-0.15, -0.1) is 0 Å². The topological polar surface area (TPSA) is 38.3 Å². The molecule has 1 aromatic rings. The third kappa shape index (κ3) is 6.10. The molecule has 0 bridgehead atoms. The number of carbonyl (C=O) groups is 1. The van der Waals surface area contributed by atoms with Crippen molar-refractivity contribution < 1.29 is 9.53 Å². The van der Waals surface area contributed by atoms with Crippen LogP contribution in [0.1, 0.15) is 39.7 Å². The SMILES string of the molecule is CCCc1ccc(OCC(=O)NC(C)(C)C)c(Br)c1. The molecule has 0 radical (unpaired) electrons. The summed E-state index contributed by atoms with van der Waals surface area (Å²) in [6.07, 6.45) is 2.16. The number of nitrogens with one attached hydrogen (secondary N) is 1. The van der Waals surface area contributed by atoms with E-state index >= 15 is 0 Å². The molecule has 0 heterocycles. The summed E-state index contributed by atoms with van der Waals surface area (Å²) < 4.78 is 6.41. The van der Waals surface area contributed by atoms with Gasteiger partial charge in [0.2, 0.25) is 0 Å². The van der Waals surface area contributed by atoms with Crippen LogP contribution in [0.2, 0.25) is 0 Å².